The number of rotatable bonds is 5. The summed E-state index contributed by atoms with van der Waals surface area (Å²) in [5.41, 5.74) is 0.0980. The second kappa shape index (κ2) is 6.84. The van der Waals surface area contributed by atoms with Gasteiger partial charge in [-0.1, -0.05) is 11.6 Å². The van der Waals surface area contributed by atoms with Crippen LogP contribution in [0.15, 0.2) is 41.5 Å². The number of nitrogens with one attached hydrogen (secondary N) is 1. The molecule has 1 amide bonds. The molecule has 8 heteroatoms. The molecule has 0 aliphatic heterocycles. The Morgan fingerprint density at radius 2 is 2.21 bits per heavy atom. The summed E-state index contributed by atoms with van der Waals surface area (Å²) in [6.07, 6.45) is 3.46. The molecule has 0 saturated carbocycles. The van der Waals surface area contributed by atoms with E-state index in [0.717, 1.165) is 0 Å². The second-order valence-electron chi connectivity index (χ2n) is 5.18. The molecule has 0 aliphatic rings. The summed E-state index contributed by atoms with van der Waals surface area (Å²) in [5, 5.41) is 11.8. The Labute approximate surface area is 142 Å². The van der Waals surface area contributed by atoms with Crippen molar-refractivity contribution in [3.8, 4) is 0 Å². The van der Waals surface area contributed by atoms with Gasteiger partial charge in [0.2, 0.25) is 5.43 Å². The van der Waals surface area contributed by atoms with Crippen LogP contribution in [-0.4, -0.2) is 32.0 Å². The van der Waals surface area contributed by atoms with E-state index in [1.807, 2.05) is 6.92 Å². The lowest BCUT2D eigenvalue weighted by atomic mass is 10.2. The van der Waals surface area contributed by atoms with Crippen molar-refractivity contribution in [3.05, 3.63) is 57.6 Å². The molecule has 2 aromatic heterocycles. The standard InChI is InChI=1S/C16H16ClN5O2/c1-2-22-13-5-4-11(17)10-12(13)15(23)14(20-22)16(24)18-7-9-21-8-3-6-19-21/h3-6,8,10H,2,7,9H2,1H3,(H,18,24). The molecule has 0 saturated heterocycles. The van der Waals surface area contributed by atoms with Crippen molar-refractivity contribution in [1.82, 2.24) is 24.9 Å². The van der Waals surface area contributed by atoms with E-state index in [-0.39, 0.29) is 5.69 Å². The average molecular weight is 346 g/mol. The Morgan fingerprint density at radius 1 is 1.38 bits per heavy atom. The first-order valence-electron chi connectivity index (χ1n) is 7.56. The zero-order valence-corrected chi connectivity index (χ0v) is 13.8. The highest BCUT2D eigenvalue weighted by Crippen LogP contribution is 2.16. The first kappa shape index (κ1) is 16.2. The average Bonchev–Trinajstić information content (AvgIpc) is 3.09. The van der Waals surface area contributed by atoms with E-state index in [1.165, 1.54) is 0 Å². The number of aromatic nitrogens is 4. The third-order valence-electron chi connectivity index (χ3n) is 3.62. The van der Waals surface area contributed by atoms with Crippen molar-refractivity contribution in [2.24, 2.45) is 0 Å². The molecule has 1 N–H and O–H groups in total. The number of fused-ring (bicyclic) bond motifs is 1. The van der Waals surface area contributed by atoms with Gasteiger partial charge in [0.1, 0.15) is 0 Å². The number of amides is 1. The number of hydrogen-bond donors (Lipinski definition) is 1. The highest BCUT2D eigenvalue weighted by molar-refractivity contribution is 6.31. The maximum Gasteiger partial charge on any atom is 0.275 e. The highest BCUT2D eigenvalue weighted by Gasteiger charge is 2.17. The Hall–Kier alpha value is -2.67. The molecule has 2 heterocycles. The summed E-state index contributed by atoms with van der Waals surface area (Å²) >= 11 is 5.98. The molecule has 0 atom stereocenters. The summed E-state index contributed by atoms with van der Waals surface area (Å²) in [6.45, 7) is 3.29. The summed E-state index contributed by atoms with van der Waals surface area (Å²) < 4.78 is 3.31. The van der Waals surface area contributed by atoms with Gasteiger partial charge in [0.15, 0.2) is 5.69 Å². The number of carbonyl (C=O) groups is 1. The molecule has 24 heavy (non-hydrogen) atoms. The Balaban J connectivity index is 1.89. The van der Waals surface area contributed by atoms with E-state index in [1.54, 1.807) is 46.0 Å². The first-order chi connectivity index (χ1) is 11.6. The van der Waals surface area contributed by atoms with Crippen LogP contribution < -0.4 is 10.7 Å². The van der Waals surface area contributed by atoms with Crippen LogP contribution in [0.25, 0.3) is 10.9 Å². The SMILES string of the molecule is CCn1nc(C(=O)NCCn2cccn2)c(=O)c2cc(Cl)ccc21. The van der Waals surface area contributed by atoms with Gasteiger partial charge in [0, 0.05) is 30.5 Å². The minimum absolute atomic E-state index is 0.132. The molecule has 0 aliphatic carbocycles. The van der Waals surface area contributed by atoms with Crippen LogP contribution in [0.5, 0.6) is 0 Å². The van der Waals surface area contributed by atoms with Gasteiger partial charge in [-0.15, -0.1) is 0 Å². The molecule has 3 aromatic rings. The summed E-state index contributed by atoms with van der Waals surface area (Å²) in [6, 6.07) is 6.79. The fourth-order valence-corrected chi connectivity index (χ4v) is 2.62. The van der Waals surface area contributed by atoms with E-state index in [2.05, 4.69) is 15.5 Å². The molecule has 3 rings (SSSR count). The van der Waals surface area contributed by atoms with Gasteiger partial charge in [-0.25, -0.2) is 0 Å². The fraction of sp³-hybridized carbons (Fsp3) is 0.250. The smallest absolute Gasteiger partial charge is 0.275 e. The largest absolute Gasteiger partial charge is 0.349 e. The van der Waals surface area contributed by atoms with Gasteiger partial charge >= 0.3 is 0 Å². The Kier molecular flexibility index (Phi) is 4.61. The van der Waals surface area contributed by atoms with Crippen molar-refractivity contribution in [2.45, 2.75) is 20.0 Å². The Bertz CT molecular complexity index is 934. The summed E-state index contributed by atoms with van der Waals surface area (Å²) in [4.78, 5) is 24.9. The molecule has 0 spiro atoms. The van der Waals surface area contributed by atoms with E-state index in [0.29, 0.717) is 35.6 Å². The number of aryl methyl sites for hydroxylation is 1. The third kappa shape index (κ3) is 3.16. The molecule has 0 bridgehead atoms. The van der Waals surface area contributed by atoms with Gasteiger partial charge < -0.3 is 5.32 Å². The predicted molar refractivity (Wildman–Crippen MR) is 91.2 cm³/mol. The van der Waals surface area contributed by atoms with E-state index >= 15 is 0 Å². The van der Waals surface area contributed by atoms with Gasteiger partial charge in [0.05, 0.1) is 17.4 Å². The van der Waals surface area contributed by atoms with Gasteiger partial charge in [-0.05, 0) is 31.2 Å². The van der Waals surface area contributed by atoms with Crippen molar-refractivity contribution in [1.29, 1.82) is 0 Å². The number of carbonyl (C=O) groups excluding carboxylic acids is 1. The number of nitrogens with zero attached hydrogens (tertiary/aromatic N) is 4. The summed E-state index contributed by atoms with van der Waals surface area (Å²) in [7, 11) is 0. The van der Waals surface area contributed by atoms with Crippen molar-refractivity contribution >= 4 is 28.4 Å². The number of benzene rings is 1. The lowest BCUT2D eigenvalue weighted by molar-refractivity contribution is 0.0944. The zero-order chi connectivity index (χ0) is 17.1. The normalized spacial score (nSPS) is 10.9. The van der Waals surface area contributed by atoms with Crippen LogP contribution in [0.3, 0.4) is 0 Å². The molecule has 0 unspecified atom stereocenters. The van der Waals surface area contributed by atoms with Gasteiger partial charge in [-0.3, -0.25) is 19.0 Å². The van der Waals surface area contributed by atoms with Crippen LogP contribution in [-0.2, 0) is 13.1 Å². The highest BCUT2D eigenvalue weighted by atomic mass is 35.5. The topological polar surface area (TPSA) is 81.8 Å². The van der Waals surface area contributed by atoms with Crippen LogP contribution in [0.4, 0.5) is 0 Å². The van der Waals surface area contributed by atoms with Crippen molar-refractivity contribution in [2.75, 3.05) is 6.54 Å². The second-order valence-corrected chi connectivity index (χ2v) is 5.62. The molecule has 0 radical (unpaired) electrons. The third-order valence-corrected chi connectivity index (χ3v) is 3.85. The van der Waals surface area contributed by atoms with E-state index in [9.17, 15) is 9.59 Å². The maximum atomic E-state index is 12.6. The van der Waals surface area contributed by atoms with Crippen molar-refractivity contribution in [3.63, 3.8) is 0 Å². The van der Waals surface area contributed by atoms with Gasteiger partial charge in [-0.2, -0.15) is 10.2 Å². The molecule has 0 fully saturated rings. The molecule has 124 valence electrons. The van der Waals surface area contributed by atoms with Crippen LogP contribution in [0.1, 0.15) is 17.4 Å². The van der Waals surface area contributed by atoms with Crippen LogP contribution >= 0.6 is 11.6 Å². The minimum atomic E-state index is -0.503. The van der Waals surface area contributed by atoms with E-state index < -0.39 is 11.3 Å². The van der Waals surface area contributed by atoms with Crippen LogP contribution in [0, 0.1) is 0 Å². The number of halogens is 1. The number of hydrogen-bond acceptors (Lipinski definition) is 4. The lowest BCUT2D eigenvalue weighted by Gasteiger charge is -2.10. The molecular formula is C16H16ClN5O2. The van der Waals surface area contributed by atoms with Crippen LogP contribution in [0.2, 0.25) is 5.02 Å². The molecule has 1 aromatic carbocycles. The van der Waals surface area contributed by atoms with Gasteiger partial charge in [0.25, 0.3) is 5.91 Å². The maximum absolute atomic E-state index is 12.6. The quantitative estimate of drug-likeness (QED) is 0.763. The summed E-state index contributed by atoms with van der Waals surface area (Å²) in [5.74, 6) is -0.503. The molecular weight excluding hydrogens is 330 g/mol. The lowest BCUT2D eigenvalue weighted by Crippen LogP contribution is -2.34. The Morgan fingerprint density at radius 3 is 2.92 bits per heavy atom. The first-order valence-corrected chi connectivity index (χ1v) is 7.94. The van der Waals surface area contributed by atoms with E-state index in [4.69, 9.17) is 11.6 Å². The zero-order valence-electron chi connectivity index (χ0n) is 13.1. The molecule has 7 nitrogen and oxygen atoms in total. The van der Waals surface area contributed by atoms with Crippen molar-refractivity contribution < 1.29 is 4.79 Å². The fourth-order valence-electron chi connectivity index (χ4n) is 2.45. The monoisotopic (exact) mass is 345 g/mol. The minimum Gasteiger partial charge on any atom is -0.349 e. The predicted octanol–water partition coefficient (Wildman–Crippen LogP) is 1.70.